The number of rotatable bonds is 11. The molecule has 3 heterocycles. The normalized spacial score (nSPS) is 14.0. The number of piperidine rings is 1. The fourth-order valence-corrected chi connectivity index (χ4v) is 4.13. The van der Waals surface area contributed by atoms with Gasteiger partial charge in [-0.05, 0) is 43.7 Å². The molecule has 1 aliphatic heterocycles. The van der Waals surface area contributed by atoms with Gasteiger partial charge in [-0.25, -0.2) is 14.4 Å². The number of carbonyl (C=O) groups is 1. The van der Waals surface area contributed by atoms with Gasteiger partial charge in [-0.15, -0.1) is 6.58 Å². The van der Waals surface area contributed by atoms with Crippen LogP contribution in [0.3, 0.4) is 0 Å². The van der Waals surface area contributed by atoms with E-state index in [2.05, 4.69) is 36.9 Å². The molecule has 0 saturated carbocycles. The molecule has 0 aliphatic carbocycles. The van der Waals surface area contributed by atoms with Crippen molar-refractivity contribution in [3.8, 4) is 17.1 Å². The van der Waals surface area contributed by atoms with Crippen LogP contribution in [-0.2, 0) is 6.42 Å². The van der Waals surface area contributed by atoms with Gasteiger partial charge in [0.1, 0.15) is 11.6 Å². The van der Waals surface area contributed by atoms with E-state index in [4.69, 9.17) is 9.26 Å². The number of aromatic nitrogens is 4. The minimum atomic E-state index is -0.598. The minimum Gasteiger partial charge on any atom is -0.493 e. The summed E-state index contributed by atoms with van der Waals surface area (Å²) >= 11 is 0. The highest BCUT2D eigenvalue weighted by Crippen LogP contribution is 2.25. The molecule has 1 aromatic carbocycles. The second-order valence-electron chi connectivity index (χ2n) is 8.70. The molecule has 0 radical (unpaired) electrons. The van der Waals surface area contributed by atoms with Crippen LogP contribution in [0.4, 0.5) is 10.3 Å². The van der Waals surface area contributed by atoms with Crippen LogP contribution in [-0.4, -0.2) is 52.3 Å². The lowest BCUT2D eigenvalue weighted by Crippen LogP contribution is -2.34. The van der Waals surface area contributed by atoms with Crippen molar-refractivity contribution < 1.29 is 18.4 Å². The van der Waals surface area contributed by atoms with Crippen molar-refractivity contribution in [3.05, 3.63) is 60.5 Å². The number of hydrogen-bond acceptors (Lipinski definition) is 8. The predicted molar refractivity (Wildman–Crippen MR) is 133 cm³/mol. The third kappa shape index (κ3) is 6.44. The first-order valence-corrected chi connectivity index (χ1v) is 12.3. The second kappa shape index (κ2) is 12.2. The molecule has 1 N–H and O–H groups in total. The van der Waals surface area contributed by atoms with Crippen LogP contribution < -0.4 is 15.0 Å². The number of hydrogen-bond donors (Lipinski definition) is 1. The maximum atomic E-state index is 14.2. The van der Waals surface area contributed by atoms with E-state index in [-0.39, 0.29) is 12.1 Å². The summed E-state index contributed by atoms with van der Waals surface area (Å²) in [6.45, 7) is 8.07. The third-order valence-corrected chi connectivity index (χ3v) is 6.18. The second-order valence-corrected chi connectivity index (χ2v) is 8.70. The zero-order valence-corrected chi connectivity index (χ0v) is 20.5. The molecule has 0 atom stereocenters. The molecule has 9 nitrogen and oxygen atoms in total. The van der Waals surface area contributed by atoms with Crippen LogP contribution in [0.15, 0.2) is 47.8 Å². The summed E-state index contributed by atoms with van der Waals surface area (Å²) in [6, 6.07) is 4.32. The third-order valence-electron chi connectivity index (χ3n) is 6.18. The summed E-state index contributed by atoms with van der Waals surface area (Å²) in [7, 11) is 0. The first-order chi connectivity index (χ1) is 17.6. The smallest absolute Gasteiger partial charge is 0.254 e. The van der Waals surface area contributed by atoms with Crippen LogP contribution in [0.1, 0.15) is 48.9 Å². The molecule has 1 aliphatic rings. The number of carbonyl (C=O) groups excluding carboxylic acids is 1. The summed E-state index contributed by atoms with van der Waals surface area (Å²) in [5.74, 6) is 1.77. The molecule has 4 rings (SSSR count). The Bertz CT molecular complexity index is 1160. The fourth-order valence-electron chi connectivity index (χ4n) is 4.13. The van der Waals surface area contributed by atoms with E-state index in [1.807, 2.05) is 6.92 Å². The van der Waals surface area contributed by atoms with E-state index in [9.17, 15) is 9.18 Å². The van der Waals surface area contributed by atoms with Crippen LogP contribution in [0.2, 0.25) is 0 Å². The Morgan fingerprint density at radius 2 is 2.08 bits per heavy atom. The molecule has 0 unspecified atom stereocenters. The number of anilines is 1. The summed E-state index contributed by atoms with van der Waals surface area (Å²) < 4.78 is 25.1. The van der Waals surface area contributed by atoms with Gasteiger partial charge in [-0.2, -0.15) is 4.98 Å². The quantitative estimate of drug-likeness (QED) is 0.312. The van der Waals surface area contributed by atoms with Crippen LogP contribution in [0.25, 0.3) is 11.4 Å². The summed E-state index contributed by atoms with van der Waals surface area (Å²) in [5, 5.41) is 6.53. The number of ether oxygens (including phenoxy) is 1. The standard InChI is InChI=1S/C26H31FN6O3/c1-3-11-28-25(34)21-8-7-20(15-22(21)27)35-14-5-6-18-9-12-33(13-10-18)26-29-16-19(17-30-26)24-31-23(4-2)36-32-24/h3,7-8,15-18H,1,4-6,9-14H2,2H3,(H,28,34). The highest BCUT2D eigenvalue weighted by molar-refractivity contribution is 5.94. The van der Waals surface area contributed by atoms with Crippen molar-refractivity contribution in [2.24, 2.45) is 5.92 Å². The molecule has 1 fully saturated rings. The Balaban J connectivity index is 1.17. The minimum absolute atomic E-state index is 0.00461. The Morgan fingerprint density at radius 3 is 2.75 bits per heavy atom. The molecule has 36 heavy (non-hydrogen) atoms. The van der Waals surface area contributed by atoms with Gasteiger partial charge in [0.15, 0.2) is 0 Å². The van der Waals surface area contributed by atoms with Gasteiger partial charge in [-0.3, -0.25) is 4.79 Å². The summed E-state index contributed by atoms with van der Waals surface area (Å²) in [6.07, 6.45) is 9.73. The SMILES string of the molecule is C=CCNC(=O)c1ccc(OCCCC2CCN(c3ncc(-c4noc(CC)n4)cn3)CC2)cc1F. The van der Waals surface area contributed by atoms with Gasteiger partial charge in [0.05, 0.1) is 17.7 Å². The molecule has 0 spiro atoms. The predicted octanol–water partition coefficient (Wildman–Crippen LogP) is 4.22. The highest BCUT2D eigenvalue weighted by Gasteiger charge is 2.21. The fraction of sp³-hybridized carbons (Fsp3) is 0.423. The van der Waals surface area contributed by atoms with E-state index in [0.717, 1.165) is 44.3 Å². The lowest BCUT2D eigenvalue weighted by molar-refractivity contribution is 0.0954. The molecule has 1 saturated heterocycles. The molecular formula is C26H31FN6O3. The van der Waals surface area contributed by atoms with Gasteiger partial charge < -0.3 is 19.5 Å². The molecule has 3 aromatic rings. The maximum absolute atomic E-state index is 14.2. The van der Waals surface area contributed by atoms with Crippen LogP contribution >= 0.6 is 0 Å². The van der Waals surface area contributed by atoms with Crippen LogP contribution in [0.5, 0.6) is 5.75 Å². The number of amides is 1. The Hall–Kier alpha value is -3.82. The van der Waals surface area contributed by atoms with E-state index in [0.29, 0.717) is 42.4 Å². The van der Waals surface area contributed by atoms with Crippen molar-refractivity contribution in [2.75, 3.05) is 31.1 Å². The molecule has 2 aromatic heterocycles. The van der Waals surface area contributed by atoms with Gasteiger partial charge in [0, 0.05) is 44.5 Å². The average Bonchev–Trinajstić information content (AvgIpc) is 3.40. The molecule has 1 amide bonds. The average molecular weight is 495 g/mol. The van der Waals surface area contributed by atoms with Gasteiger partial charge in [-0.1, -0.05) is 18.2 Å². The summed E-state index contributed by atoms with van der Waals surface area (Å²) in [5.41, 5.74) is 0.734. The molecule has 10 heteroatoms. The van der Waals surface area contributed by atoms with Crippen molar-refractivity contribution in [1.29, 1.82) is 0 Å². The Labute approximate surface area is 209 Å². The topological polar surface area (TPSA) is 106 Å². The zero-order valence-electron chi connectivity index (χ0n) is 20.5. The number of benzene rings is 1. The number of nitrogens with one attached hydrogen (secondary N) is 1. The van der Waals surface area contributed by atoms with Crippen LogP contribution in [0, 0.1) is 11.7 Å². The lowest BCUT2D eigenvalue weighted by Gasteiger charge is -2.32. The molecular weight excluding hydrogens is 463 g/mol. The highest BCUT2D eigenvalue weighted by atomic mass is 19.1. The van der Waals surface area contributed by atoms with Crippen molar-refractivity contribution >= 4 is 11.9 Å². The van der Waals surface area contributed by atoms with E-state index >= 15 is 0 Å². The molecule has 190 valence electrons. The number of aryl methyl sites for hydroxylation is 1. The Kier molecular flexibility index (Phi) is 8.59. The first kappa shape index (κ1) is 25.3. The van der Waals surface area contributed by atoms with E-state index < -0.39 is 11.7 Å². The number of halogens is 1. The maximum Gasteiger partial charge on any atom is 0.254 e. The number of nitrogens with zero attached hydrogens (tertiary/aromatic N) is 5. The lowest BCUT2D eigenvalue weighted by atomic mass is 9.92. The monoisotopic (exact) mass is 494 g/mol. The zero-order chi connectivity index (χ0) is 25.3. The van der Waals surface area contributed by atoms with Crippen molar-refractivity contribution in [2.45, 2.75) is 39.0 Å². The largest absolute Gasteiger partial charge is 0.493 e. The van der Waals surface area contributed by atoms with Gasteiger partial charge in [0.25, 0.3) is 5.91 Å². The van der Waals surface area contributed by atoms with Gasteiger partial charge >= 0.3 is 0 Å². The van der Waals surface area contributed by atoms with Crippen molar-refractivity contribution in [3.63, 3.8) is 0 Å². The molecule has 0 bridgehead atoms. The van der Waals surface area contributed by atoms with Gasteiger partial charge in [0.2, 0.25) is 17.7 Å². The Morgan fingerprint density at radius 1 is 1.31 bits per heavy atom. The summed E-state index contributed by atoms with van der Waals surface area (Å²) in [4.78, 5) is 27.4. The van der Waals surface area contributed by atoms with E-state index in [1.54, 1.807) is 24.5 Å². The van der Waals surface area contributed by atoms with E-state index in [1.165, 1.54) is 12.1 Å². The van der Waals surface area contributed by atoms with Crippen molar-refractivity contribution in [1.82, 2.24) is 25.4 Å². The first-order valence-electron chi connectivity index (χ1n) is 12.3.